The molecule has 2 fully saturated rings. The summed E-state index contributed by atoms with van der Waals surface area (Å²) in [7, 11) is 0. The van der Waals surface area contributed by atoms with E-state index in [0.717, 1.165) is 56.3 Å². The van der Waals surface area contributed by atoms with Crippen LogP contribution in [0.25, 0.3) is 0 Å². The van der Waals surface area contributed by atoms with Gasteiger partial charge in [-0.05, 0) is 37.6 Å². The summed E-state index contributed by atoms with van der Waals surface area (Å²) < 4.78 is 5.44. The molecule has 3 rings (SSSR count). The van der Waals surface area contributed by atoms with Crippen LogP contribution in [0.3, 0.4) is 0 Å². The monoisotopic (exact) mass is 385 g/mol. The van der Waals surface area contributed by atoms with Crippen LogP contribution in [-0.4, -0.2) is 73.4 Å². The summed E-state index contributed by atoms with van der Waals surface area (Å²) in [5.74, 6) is 1.65. The molecule has 0 radical (unpaired) electrons. The molecule has 2 aliphatic heterocycles. The summed E-state index contributed by atoms with van der Waals surface area (Å²) in [6.45, 7) is 8.79. The van der Waals surface area contributed by atoms with Gasteiger partial charge in [0.1, 0.15) is 5.75 Å². The summed E-state index contributed by atoms with van der Waals surface area (Å²) in [6, 6.07) is 8.53. The van der Waals surface area contributed by atoms with Gasteiger partial charge in [0.15, 0.2) is 0 Å². The molecule has 1 aromatic rings. The predicted molar refractivity (Wildman–Crippen MR) is 105 cm³/mol. The van der Waals surface area contributed by atoms with E-state index in [1.54, 1.807) is 11.8 Å². The zero-order chi connectivity index (χ0) is 16.8. The average molecular weight is 386 g/mol. The van der Waals surface area contributed by atoms with E-state index in [1.165, 1.54) is 0 Å². The van der Waals surface area contributed by atoms with Gasteiger partial charge in [0.25, 0.3) is 0 Å². The zero-order valence-corrected chi connectivity index (χ0v) is 16.4. The molecule has 1 atom stereocenters. The number of piperazine rings is 1. The van der Waals surface area contributed by atoms with Gasteiger partial charge in [0.05, 0.1) is 12.4 Å². The molecule has 1 amide bonds. The van der Waals surface area contributed by atoms with E-state index in [2.05, 4.69) is 10.2 Å². The van der Waals surface area contributed by atoms with Crippen LogP contribution >= 0.6 is 24.2 Å². The molecule has 0 aromatic heterocycles. The third kappa shape index (κ3) is 5.78. The van der Waals surface area contributed by atoms with E-state index in [1.807, 2.05) is 36.1 Å². The maximum atomic E-state index is 12.5. The fourth-order valence-corrected chi connectivity index (χ4v) is 4.15. The second-order valence-electron chi connectivity index (χ2n) is 6.26. The predicted octanol–water partition coefficient (Wildman–Crippen LogP) is 2.11. The Kier molecular flexibility index (Phi) is 8.36. The van der Waals surface area contributed by atoms with E-state index in [4.69, 9.17) is 4.74 Å². The van der Waals surface area contributed by atoms with Gasteiger partial charge in [-0.25, -0.2) is 0 Å². The topological polar surface area (TPSA) is 44.8 Å². The normalized spacial score (nSPS) is 21.0. The number of carbonyl (C=O) groups is 1. The molecule has 25 heavy (non-hydrogen) atoms. The number of benzene rings is 1. The summed E-state index contributed by atoms with van der Waals surface area (Å²) in [5.41, 5.74) is 0. The molecule has 140 valence electrons. The van der Waals surface area contributed by atoms with E-state index in [-0.39, 0.29) is 18.3 Å². The van der Waals surface area contributed by atoms with Gasteiger partial charge >= 0.3 is 0 Å². The molecular formula is C18H28ClN3O2S. The molecule has 2 heterocycles. The molecule has 1 unspecified atom stereocenters. The second-order valence-corrected chi connectivity index (χ2v) is 7.31. The Labute approximate surface area is 160 Å². The van der Waals surface area contributed by atoms with E-state index in [0.29, 0.717) is 18.4 Å². The lowest BCUT2D eigenvalue weighted by molar-refractivity contribution is -0.127. The van der Waals surface area contributed by atoms with Crippen molar-refractivity contribution in [2.75, 3.05) is 51.6 Å². The molecule has 2 aliphatic rings. The van der Waals surface area contributed by atoms with Crippen LogP contribution in [0.15, 0.2) is 29.2 Å². The summed E-state index contributed by atoms with van der Waals surface area (Å²) in [6.07, 6.45) is 1.11. The van der Waals surface area contributed by atoms with Gasteiger partial charge in [-0.3, -0.25) is 9.69 Å². The van der Waals surface area contributed by atoms with Crippen LogP contribution in [-0.2, 0) is 4.79 Å². The fourth-order valence-electron chi connectivity index (χ4n) is 3.35. The lowest BCUT2D eigenvalue weighted by Crippen LogP contribution is -2.49. The third-order valence-corrected chi connectivity index (χ3v) is 5.68. The number of carbonyl (C=O) groups excluding carboxylic acids is 1. The first-order valence-corrected chi connectivity index (χ1v) is 9.83. The molecule has 0 aliphatic carbocycles. The lowest BCUT2D eigenvalue weighted by atomic mass is 10.2. The molecule has 0 saturated carbocycles. The maximum absolute atomic E-state index is 12.5. The summed E-state index contributed by atoms with van der Waals surface area (Å²) in [4.78, 5) is 18.1. The van der Waals surface area contributed by atoms with Crippen molar-refractivity contribution < 1.29 is 9.53 Å². The molecule has 1 N–H and O–H groups in total. The number of halogens is 1. The van der Waals surface area contributed by atoms with Crippen molar-refractivity contribution in [2.45, 2.75) is 24.3 Å². The Hall–Kier alpha value is -0.950. The van der Waals surface area contributed by atoms with E-state index < -0.39 is 0 Å². The van der Waals surface area contributed by atoms with Crippen molar-refractivity contribution in [1.29, 1.82) is 0 Å². The minimum Gasteiger partial charge on any atom is -0.494 e. The highest BCUT2D eigenvalue weighted by molar-refractivity contribution is 8.00. The highest BCUT2D eigenvalue weighted by Crippen LogP contribution is 2.23. The van der Waals surface area contributed by atoms with Gasteiger partial charge in [-0.1, -0.05) is 0 Å². The van der Waals surface area contributed by atoms with Crippen molar-refractivity contribution in [1.82, 2.24) is 15.1 Å². The molecule has 5 nitrogen and oxygen atoms in total. The van der Waals surface area contributed by atoms with Gasteiger partial charge in [-0.15, -0.1) is 24.2 Å². The lowest BCUT2D eigenvalue weighted by Gasteiger charge is -2.32. The van der Waals surface area contributed by atoms with E-state index >= 15 is 0 Å². The highest BCUT2D eigenvalue weighted by Gasteiger charge is 2.30. The fraction of sp³-hybridized carbons (Fsp3) is 0.611. The summed E-state index contributed by atoms with van der Waals surface area (Å²) in [5, 5.41) is 3.39. The van der Waals surface area contributed by atoms with Crippen LogP contribution in [0.1, 0.15) is 13.3 Å². The first-order chi connectivity index (χ1) is 11.8. The number of nitrogens with zero attached hydrogens (tertiary/aromatic N) is 2. The number of rotatable bonds is 6. The third-order valence-electron chi connectivity index (χ3n) is 4.68. The summed E-state index contributed by atoms with van der Waals surface area (Å²) >= 11 is 1.61. The zero-order valence-electron chi connectivity index (χ0n) is 14.8. The number of amides is 1. The van der Waals surface area contributed by atoms with Crippen LogP contribution in [0, 0.1) is 0 Å². The van der Waals surface area contributed by atoms with Crippen LogP contribution in [0.4, 0.5) is 0 Å². The molecule has 2 saturated heterocycles. The minimum absolute atomic E-state index is 0. The number of ether oxygens (including phenoxy) is 1. The molecular weight excluding hydrogens is 358 g/mol. The number of likely N-dealkylation sites (tertiary alicyclic amines) is 1. The Morgan fingerprint density at radius 2 is 1.96 bits per heavy atom. The van der Waals surface area contributed by atoms with Gasteiger partial charge in [0, 0.05) is 50.2 Å². The Morgan fingerprint density at radius 3 is 2.64 bits per heavy atom. The Balaban J connectivity index is 0.00000225. The van der Waals surface area contributed by atoms with Crippen LogP contribution in [0.2, 0.25) is 0 Å². The molecule has 7 heteroatoms. The Morgan fingerprint density at radius 1 is 1.24 bits per heavy atom. The first kappa shape index (κ1) is 20.4. The maximum Gasteiger partial charge on any atom is 0.232 e. The van der Waals surface area contributed by atoms with Crippen molar-refractivity contribution >= 4 is 30.1 Å². The molecule has 1 aromatic carbocycles. The van der Waals surface area contributed by atoms with Crippen molar-refractivity contribution in [3.63, 3.8) is 0 Å². The Bertz CT molecular complexity index is 538. The van der Waals surface area contributed by atoms with Crippen LogP contribution in [0.5, 0.6) is 5.75 Å². The smallest absolute Gasteiger partial charge is 0.232 e. The minimum atomic E-state index is 0. The molecule has 0 bridgehead atoms. The standard InChI is InChI=1S/C18H27N3O2S.ClH/c1-2-23-16-3-5-17(6-4-16)24-14-18(22)21-10-7-15(13-21)20-11-8-19-9-12-20;/h3-6,15,19H,2,7-14H2,1H3;1H. The van der Waals surface area contributed by atoms with Crippen molar-refractivity contribution in [2.24, 2.45) is 0 Å². The van der Waals surface area contributed by atoms with E-state index in [9.17, 15) is 4.79 Å². The molecule has 0 spiro atoms. The number of hydrogen-bond donors (Lipinski definition) is 1. The second kappa shape index (κ2) is 10.3. The quantitative estimate of drug-likeness (QED) is 0.760. The van der Waals surface area contributed by atoms with Crippen molar-refractivity contribution in [3.05, 3.63) is 24.3 Å². The number of nitrogens with one attached hydrogen (secondary N) is 1. The first-order valence-electron chi connectivity index (χ1n) is 8.84. The van der Waals surface area contributed by atoms with Gasteiger partial charge in [-0.2, -0.15) is 0 Å². The highest BCUT2D eigenvalue weighted by atomic mass is 35.5. The van der Waals surface area contributed by atoms with Gasteiger partial charge < -0.3 is 15.0 Å². The van der Waals surface area contributed by atoms with Crippen molar-refractivity contribution in [3.8, 4) is 5.75 Å². The largest absolute Gasteiger partial charge is 0.494 e. The average Bonchev–Trinajstić information content (AvgIpc) is 3.12. The number of thioether (sulfide) groups is 1. The number of hydrogen-bond acceptors (Lipinski definition) is 5. The SMILES string of the molecule is CCOc1ccc(SCC(=O)N2CCC(N3CCNCC3)C2)cc1.Cl. The van der Waals surface area contributed by atoms with Gasteiger partial charge in [0.2, 0.25) is 5.91 Å². The van der Waals surface area contributed by atoms with Crippen LogP contribution < -0.4 is 10.1 Å².